The van der Waals surface area contributed by atoms with Crippen molar-refractivity contribution in [2.24, 2.45) is 5.73 Å². The Morgan fingerprint density at radius 3 is 2.73 bits per heavy atom. The number of rotatable bonds is 0. The van der Waals surface area contributed by atoms with E-state index in [0.29, 0.717) is 6.42 Å². The maximum Gasteiger partial charge on any atom is 0.0761 e. The average molecular weight is 151 g/mol. The first-order valence-corrected chi connectivity index (χ1v) is 3.74. The molecule has 0 saturated heterocycles. The van der Waals surface area contributed by atoms with Crippen molar-refractivity contribution >= 4 is 0 Å². The highest BCUT2D eigenvalue weighted by Gasteiger charge is 2.08. The van der Waals surface area contributed by atoms with Gasteiger partial charge in [0.25, 0.3) is 0 Å². The first kappa shape index (κ1) is 8.24. The number of hydrogen-bond donors (Lipinski definition) is 2. The minimum absolute atomic E-state index is 0.248. The van der Waals surface area contributed by atoms with Gasteiger partial charge in [0.1, 0.15) is 0 Å². The van der Waals surface area contributed by atoms with Crippen LogP contribution in [0.25, 0.3) is 0 Å². The van der Waals surface area contributed by atoms with E-state index in [1.165, 1.54) is 0 Å². The molecule has 0 unspecified atom stereocenters. The van der Waals surface area contributed by atoms with Crippen LogP contribution < -0.4 is 5.73 Å². The first-order chi connectivity index (χ1) is 5.30. The summed E-state index contributed by atoms with van der Waals surface area (Å²) in [5.74, 6) is 0. The Morgan fingerprint density at radius 2 is 1.91 bits per heavy atom. The van der Waals surface area contributed by atoms with Gasteiger partial charge < -0.3 is 10.8 Å². The zero-order valence-electron chi connectivity index (χ0n) is 6.35. The minimum Gasteiger partial charge on any atom is -0.391 e. The van der Waals surface area contributed by atoms with Gasteiger partial charge in [-0.15, -0.1) is 0 Å². The summed E-state index contributed by atoms with van der Waals surface area (Å²) >= 11 is 0. The number of aliphatic hydroxyl groups excluding tert-OH is 1. The predicted molar refractivity (Wildman–Crippen MR) is 46.0 cm³/mol. The lowest BCUT2D eigenvalue weighted by Crippen LogP contribution is -2.31. The molecule has 2 atom stereocenters. The quantitative estimate of drug-likeness (QED) is 0.536. The lowest BCUT2D eigenvalue weighted by Gasteiger charge is -2.12. The van der Waals surface area contributed by atoms with Crippen LogP contribution in [0.5, 0.6) is 0 Å². The molecule has 0 heterocycles. The number of aliphatic hydroxyl groups is 1. The Morgan fingerprint density at radius 1 is 1.18 bits per heavy atom. The molecule has 0 aromatic heterocycles. The topological polar surface area (TPSA) is 46.2 Å². The van der Waals surface area contributed by atoms with Gasteiger partial charge in [0.05, 0.1) is 6.10 Å². The second-order valence-electron chi connectivity index (χ2n) is 2.58. The molecule has 0 radical (unpaired) electrons. The molecule has 1 rings (SSSR count). The second-order valence-corrected chi connectivity index (χ2v) is 2.58. The lowest BCUT2D eigenvalue weighted by atomic mass is 10.1. The third kappa shape index (κ3) is 2.70. The van der Waals surface area contributed by atoms with Crippen LogP contribution in [0.2, 0.25) is 0 Å². The third-order valence-corrected chi connectivity index (χ3v) is 1.62. The molecule has 1 aliphatic carbocycles. The molecule has 3 N–H and O–H groups in total. The van der Waals surface area contributed by atoms with E-state index in [2.05, 4.69) is 0 Å². The number of allylic oxidation sites excluding steroid dienone is 4. The summed E-state index contributed by atoms with van der Waals surface area (Å²) in [6, 6.07) is -0.248. The molecule has 1 aliphatic rings. The van der Waals surface area contributed by atoms with Gasteiger partial charge in [0.15, 0.2) is 0 Å². The lowest BCUT2D eigenvalue weighted by molar-refractivity contribution is 0.163. The smallest absolute Gasteiger partial charge is 0.0761 e. The van der Waals surface area contributed by atoms with Crippen LogP contribution in [-0.4, -0.2) is 17.3 Å². The summed E-state index contributed by atoms with van der Waals surface area (Å²) in [6.07, 6.45) is 11.4. The number of hydrogen-bond acceptors (Lipinski definition) is 2. The highest BCUT2D eigenvalue weighted by atomic mass is 16.3. The van der Waals surface area contributed by atoms with E-state index in [9.17, 15) is 5.11 Å². The van der Waals surface area contributed by atoms with Gasteiger partial charge in [0, 0.05) is 6.04 Å². The van der Waals surface area contributed by atoms with Crippen LogP contribution in [-0.2, 0) is 0 Å². The Balaban J connectivity index is 2.65. The first-order valence-electron chi connectivity index (χ1n) is 3.74. The monoisotopic (exact) mass is 151 g/mol. The Hall–Kier alpha value is -0.860. The summed E-state index contributed by atoms with van der Waals surface area (Å²) in [7, 11) is 0. The molecular formula is C9H13NO. The molecule has 0 aromatic carbocycles. The van der Waals surface area contributed by atoms with Gasteiger partial charge >= 0.3 is 0 Å². The molecular weight excluding hydrogens is 138 g/mol. The van der Waals surface area contributed by atoms with E-state index in [-0.39, 0.29) is 6.04 Å². The van der Waals surface area contributed by atoms with Crippen LogP contribution in [0, 0.1) is 0 Å². The van der Waals surface area contributed by atoms with Crippen molar-refractivity contribution in [2.75, 3.05) is 0 Å². The van der Waals surface area contributed by atoms with E-state index in [4.69, 9.17) is 5.73 Å². The van der Waals surface area contributed by atoms with E-state index >= 15 is 0 Å². The van der Waals surface area contributed by atoms with Crippen LogP contribution in [0.3, 0.4) is 0 Å². The molecule has 0 aliphatic heterocycles. The predicted octanol–water partition coefficient (Wildman–Crippen LogP) is 0.747. The Labute approximate surface area is 66.7 Å². The van der Waals surface area contributed by atoms with Gasteiger partial charge in [-0.1, -0.05) is 36.5 Å². The molecule has 0 aromatic rings. The van der Waals surface area contributed by atoms with Gasteiger partial charge in [-0.25, -0.2) is 0 Å². The van der Waals surface area contributed by atoms with Crippen molar-refractivity contribution < 1.29 is 5.11 Å². The van der Waals surface area contributed by atoms with Crippen molar-refractivity contribution in [3.8, 4) is 0 Å². The average Bonchev–Trinajstić information content (AvgIpc) is 2.07. The standard InChI is InChI=1S/C9H13NO/c10-8-6-4-2-1-3-5-7-9(8)11/h1-6,8-9,11H,7,10H2/t8-,9+/m1/s1. The molecule has 2 nitrogen and oxygen atoms in total. The molecule has 0 fully saturated rings. The maximum atomic E-state index is 9.35. The van der Waals surface area contributed by atoms with Crippen molar-refractivity contribution in [2.45, 2.75) is 18.6 Å². The summed E-state index contributed by atoms with van der Waals surface area (Å²) in [6.45, 7) is 0. The van der Waals surface area contributed by atoms with Crippen LogP contribution in [0.1, 0.15) is 6.42 Å². The van der Waals surface area contributed by atoms with E-state index < -0.39 is 6.10 Å². The Bertz CT molecular complexity index is 194. The van der Waals surface area contributed by atoms with Crippen molar-refractivity contribution in [3.05, 3.63) is 36.5 Å². The SMILES string of the molecule is N[C@@H]1C=CC=CC=CC[C@@H]1O. The summed E-state index contributed by atoms with van der Waals surface area (Å²) in [4.78, 5) is 0. The van der Waals surface area contributed by atoms with Crippen LogP contribution >= 0.6 is 0 Å². The second kappa shape index (κ2) is 4.11. The van der Waals surface area contributed by atoms with Gasteiger partial charge in [-0.3, -0.25) is 0 Å². The van der Waals surface area contributed by atoms with Crippen LogP contribution in [0.15, 0.2) is 36.5 Å². The fourth-order valence-corrected chi connectivity index (χ4v) is 0.903. The van der Waals surface area contributed by atoms with Gasteiger partial charge in [0.2, 0.25) is 0 Å². The third-order valence-electron chi connectivity index (χ3n) is 1.62. The minimum atomic E-state index is -0.456. The summed E-state index contributed by atoms with van der Waals surface area (Å²) in [5.41, 5.74) is 5.61. The highest BCUT2D eigenvalue weighted by Crippen LogP contribution is 2.01. The molecule has 0 spiro atoms. The van der Waals surface area contributed by atoms with Gasteiger partial charge in [-0.05, 0) is 6.42 Å². The molecule has 0 amide bonds. The van der Waals surface area contributed by atoms with E-state index in [0.717, 1.165) is 0 Å². The molecule has 2 heteroatoms. The van der Waals surface area contributed by atoms with Crippen molar-refractivity contribution in [3.63, 3.8) is 0 Å². The maximum absolute atomic E-state index is 9.35. The van der Waals surface area contributed by atoms with Gasteiger partial charge in [-0.2, -0.15) is 0 Å². The fraction of sp³-hybridized carbons (Fsp3) is 0.333. The van der Waals surface area contributed by atoms with E-state index in [1.54, 1.807) is 6.08 Å². The van der Waals surface area contributed by atoms with Crippen molar-refractivity contribution in [1.82, 2.24) is 0 Å². The van der Waals surface area contributed by atoms with E-state index in [1.807, 2.05) is 30.4 Å². The highest BCUT2D eigenvalue weighted by molar-refractivity contribution is 5.15. The number of nitrogens with two attached hydrogens (primary N) is 1. The molecule has 0 saturated carbocycles. The zero-order chi connectivity index (χ0) is 8.10. The largest absolute Gasteiger partial charge is 0.391 e. The van der Waals surface area contributed by atoms with Crippen molar-refractivity contribution in [1.29, 1.82) is 0 Å². The molecule has 60 valence electrons. The summed E-state index contributed by atoms with van der Waals surface area (Å²) < 4.78 is 0. The fourth-order valence-electron chi connectivity index (χ4n) is 0.903. The molecule has 0 bridgehead atoms. The zero-order valence-corrected chi connectivity index (χ0v) is 6.35. The molecule has 11 heavy (non-hydrogen) atoms. The normalized spacial score (nSPS) is 31.1. The summed E-state index contributed by atoms with van der Waals surface area (Å²) in [5, 5.41) is 9.35. The Kier molecular flexibility index (Phi) is 3.08. The van der Waals surface area contributed by atoms with Crippen LogP contribution in [0.4, 0.5) is 0 Å².